The average Bonchev–Trinajstić information content (AvgIpc) is 2.72. The van der Waals surface area contributed by atoms with Crippen molar-refractivity contribution in [3.8, 4) is 5.75 Å². The van der Waals surface area contributed by atoms with Crippen LogP contribution in [0.25, 0.3) is 0 Å². The summed E-state index contributed by atoms with van der Waals surface area (Å²) < 4.78 is 0.776. The van der Waals surface area contributed by atoms with Gasteiger partial charge in [-0.3, -0.25) is 4.79 Å². The second-order valence-electron chi connectivity index (χ2n) is 4.65. The molecule has 1 aliphatic heterocycles. The summed E-state index contributed by atoms with van der Waals surface area (Å²) in [6.45, 7) is 2.80. The number of nitrogens with zero attached hydrogens (tertiary/aromatic N) is 1. The minimum Gasteiger partial charge on any atom is -0.507 e. The number of hydrogen-bond donors (Lipinski definition) is 1. The quantitative estimate of drug-likeness (QED) is 0.845. The predicted molar refractivity (Wildman–Crippen MR) is 75.1 cm³/mol. The van der Waals surface area contributed by atoms with Crippen molar-refractivity contribution in [2.24, 2.45) is 5.92 Å². The van der Waals surface area contributed by atoms with E-state index in [1.165, 1.54) is 6.07 Å². The van der Waals surface area contributed by atoms with E-state index in [1.807, 2.05) is 0 Å². The van der Waals surface area contributed by atoms with Crippen LogP contribution >= 0.6 is 27.5 Å². The Morgan fingerprint density at radius 1 is 1.61 bits per heavy atom. The molecule has 1 heterocycles. The smallest absolute Gasteiger partial charge is 0.257 e. The zero-order valence-electron chi connectivity index (χ0n) is 10.1. The summed E-state index contributed by atoms with van der Waals surface area (Å²) in [5.41, 5.74) is 0.327. The van der Waals surface area contributed by atoms with Crippen molar-refractivity contribution in [2.75, 3.05) is 12.4 Å². The first-order valence-electron chi connectivity index (χ1n) is 5.90. The molecule has 0 aliphatic carbocycles. The van der Waals surface area contributed by atoms with Crippen LogP contribution in [0.3, 0.4) is 0 Å². The number of aromatic hydroxyl groups is 1. The summed E-state index contributed by atoms with van der Waals surface area (Å²) >= 11 is 9.24. The molecule has 98 valence electrons. The fourth-order valence-electron chi connectivity index (χ4n) is 2.33. The van der Waals surface area contributed by atoms with Gasteiger partial charge in [0.2, 0.25) is 0 Å². The lowest BCUT2D eigenvalue weighted by atomic mass is 10.0. The first-order valence-corrected chi connectivity index (χ1v) is 7.22. The maximum absolute atomic E-state index is 12.4. The number of amides is 1. The molecule has 0 aromatic heterocycles. The highest BCUT2D eigenvalue weighted by molar-refractivity contribution is 9.10. The van der Waals surface area contributed by atoms with Crippen LogP contribution in [0.4, 0.5) is 0 Å². The SMILES string of the molecule is CC1CCN(C(=O)c2cc(Br)ccc2O)C1CCl. The number of halogens is 2. The number of hydrogen-bond acceptors (Lipinski definition) is 2. The Labute approximate surface area is 120 Å². The summed E-state index contributed by atoms with van der Waals surface area (Å²) in [6, 6.07) is 4.92. The van der Waals surface area contributed by atoms with Crippen LogP contribution in [0, 0.1) is 5.92 Å². The second kappa shape index (κ2) is 5.49. The van der Waals surface area contributed by atoms with Crippen LogP contribution in [-0.2, 0) is 0 Å². The van der Waals surface area contributed by atoms with Crippen molar-refractivity contribution in [3.63, 3.8) is 0 Å². The Morgan fingerprint density at radius 3 is 3.00 bits per heavy atom. The van der Waals surface area contributed by atoms with E-state index >= 15 is 0 Å². The topological polar surface area (TPSA) is 40.5 Å². The van der Waals surface area contributed by atoms with Crippen LogP contribution in [-0.4, -0.2) is 34.4 Å². The fraction of sp³-hybridized carbons (Fsp3) is 0.462. The van der Waals surface area contributed by atoms with Crippen LogP contribution in [0.15, 0.2) is 22.7 Å². The van der Waals surface area contributed by atoms with Gasteiger partial charge in [0, 0.05) is 22.9 Å². The van der Waals surface area contributed by atoms with Crippen molar-refractivity contribution < 1.29 is 9.90 Å². The number of alkyl halides is 1. The summed E-state index contributed by atoms with van der Waals surface area (Å²) in [6.07, 6.45) is 0.956. The molecule has 2 atom stereocenters. The normalized spacial score (nSPS) is 23.4. The molecule has 1 aromatic carbocycles. The van der Waals surface area contributed by atoms with Gasteiger partial charge in [0.15, 0.2) is 0 Å². The standard InChI is InChI=1S/C13H15BrClNO2/c1-8-4-5-16(11(8)7-15)13(18)10-6-9(14)2-3-12(10)17/h2-3,6,8,11,17H,4-5,7H2,1H3. The Kier molecular flexibility index (Phi) is 4.17. The highest BCUT2D eigenvalue weighted by Crippen LogP contribution is 2.30. The summed E-state index contributed by atoms with van der Waals surface area (Å²) in [5, 5.41) is 9.79. The van der Waals surface area contributed by atoms with Gasteiger partial charge in [-0.2, -0.15) is 0 Å². The van der Waals surface area contributed by atoms with Crippen LogP contribution in [0.1, 0.15) is 23.7 Å². The van der Waals surface area contributed by atoms with Crippen molar-refractivity contribution >= 4 is 33.4 Å². The maximum atomic E-state index is 12.4. The van der Waals surface area contributed by atoms with E-state index in [0.29, 0.717) is 23.9 Å². The Hall–Kier alpha value is -0.740. The molecule has 1 saturated heterocycles. The molecule has 0 bridgehead atoms. The third kappa shape index (κ3) is 2.50. The third-order valence-corrected chi connectivity index (χ3v) is 4.30. The van der Waals surface area contributed by atoms with E-state index in [4.69, 9.17) is 11.6 Å². The van der Waals surface area contributed by atoms with Crippen molar-refractivity contribution in [1.29, 1.82) is 0 Å². The monoisotopic (exact) mass is 331 g/mol. The Morgan fingerprint density at radius 2 is 2.33 bits per heavy atom. The lowest BCUT2D eigenvalue weighted by Crippen LogP contribution is -2.38. The molecular weight excluding hydrogens is 318 g/mol. The molecule has 1 amide bonds. The number of phenols is 1. The van der Waals surface area contributed by atoms with E-state index in [-0.39, 0.29) is 17.7 Å². The molecular formula is C13H15BrClNO2. The predicted octanol–water partition coefficient (Wildman–Crippen LogP) is 3.24. The largest absolute Gasteiger partial charge is 0.507 e. The van der Waals surface area contributed by atoms with Crippen molar-refractivity contribution in [1.82, 2.24) is 4.90 Å². The minimum atomic E-state index is -0.149. The van der Waals surface area contributed by atoms with Crippen LogP contribution in [0.2, 0.25) is 0 Å². The van der Waals surface area contributed by atoms with Crippen LogP contribution in [0.5, 0.6) is 5.75 Å². The van der Waals surface area contributed by atoms with E-state index in [1.54, 1.807) is 17.0 Å². The molecule has 1 fully saturated rings. The van der Waals surface area contributed by atoms with E-state index in [0.717, 1.165) is 10.9 Å². The Balaban J connectivity index is 2.28. The summed E-state index contributed by atoms with van der Waals surface area (Å²) in [5.74, 6) is 0.697. The number of likely N-dealkylation sites (tertiary alicyclic amines) is 1. The first kappa shape index (κ1) is 13.7. The molecule has 2 rings (SSSR count). The number of rotatable bonds is 2. The second-order valence-corrected chi connectivity index (χ2v) is 5.87. The van der Waals surface area contributed by atoms with Crippen molar-refractivity contribution in [3.05, 3.63) is 28.2 Å². The number of phenolic OH excluding ortho intramolecular Hbond substituents is 1. The molecule has 0 saturated carbocycles. The molecule has 3 nitrogen and oxygen atoms in total. The van der Waals surface area contributed by atoms with E-state index in [9.17, 15) is 9.90 Å². The van der Waals surface area contributed by atoms with Gasteiger partial charge in [0.25, 0.3) is 5.91 Å². The number of carbonyl (C=O) groups excluding carboxylic acids is 1. The molecule has 2 unspecified atom stereocenters. The molecule has 18 heavy (non-hydrogen) atoms. The molecule has 0 spiro atoms. The van der Waals surface area contributed by atoms with E-state index < -0.39 is 0 Å². The zero-order valence-corrected chi connectivity index (χ0v) is 12.4. The first-order chi connectivity index (χ1) is 8.54. The molecule has 1 aliphatic rings. The number of benzene rings is 1. The highest BCUT2D eigenvalue weighted by atomic mass is 79.9. The van der Waals surface area contributed by atoms with Gasteiger partial charge >= 0.3 is 0 Å². The minimum absolute atomic E-state index is 0.0103. The van der Waals surface area contributed by atoms with Crippen LogP contribution < -0.4 is 0 Å². The van der Waals surface area contributed by atoms with Gasteiger partial charge in [-0.15, -0.1) is 11.6 Å². The maximum Gasteiger partial charge on any atom is 0.257 e. The third-order valence-electron chi connectivity index (χ3n) is 3.49. The van der Waals surface area contributed by atoms with Gasteiger partial charge in [-0.25, -0.2) is 0 Å². The van der Waals surface area contributed by atoms with Gasteiger partial charge < -0.3 is 10.0 Å². The van der Waals surface area contributed by atoms with Crippen molar-refractivity contribution in [2.45, 2.75) is 19.4 Å². The van der Waals surface area contributed by atoms with Gasteiger partial charge in [-0.1, -0.05) is 22.9 Å². The van der Waals surface area contributed by atoms with Gasteiger partial charge in [0.1, 0.15) is 5.75 Å². The fourth-order valence-corrected chi connectivity index (χ4v) is 3.16. The average molecular weight is 333 g/mol. The summed E-state index contributed by atoms with van der Waals surface area (Å²) in [7, 11) is 0. The van der Waals surface area contributed by atoms with Gasteiger partial charge in [-0.05, 0) is 30.5 Å². The highest BCUT2D eigenvalue weighted by Gasteiger charge is 2.34. The lowest BCUT2D eigenvalue weighted by molar-refractivity contribution is 0.0734. The molecule has 1 N–H and O–H groups in total. The summed E-state index contributed by atoms with van der Waals surface area (Å²) in [4.78, 5) is 14.2. The van der Waals surface area contributed by atoms with E-state index in [2.05, 4.69) is 22.9 Å². The van der Waals surface area contributed by atoms with Gasteiger partial charge in [0.05, 0.1) is 5.56 Å². The lowest BCUT2D eigenvalue weighted by Gasteiger charge is -2.25. The number of carbonyl (C=O) groups is 1. The Bertz CT molecular complexity index is 466. The molecule has 0 radical (unpaired) electrons. The molecule has 1 aromatic rings. The zero-order chi connectivity index (χ0) is 13.3. The molecule has 5 heteroatoms.